The molecule has 0 saturated carbocycles. The smallest absolute Gasteiger partial charge is 0.262 e. The number of hydrogen-bond acceptors (Lipinski definition) is 4. The van der Waals surface area contributed by atoms with E-state index in [-0.39, 0.29) is 12.5 Å². The predicted octanol–water partition coefficient (Wildman–Crippen LogP) is 4.03. The third kappa shape index (κ3) is 3.71. The third-order valence-electron chi connectivity index (χ3n) is 3.42. The van der Waals surface area contributed by atoms with Gasteiger partial charge in [-0.15, -0.1) is 0 Å². The third-order valence-corrected chi connectivity index (χ3v) is 4.07. The van der Waals surface area contributed by atoms with Crippen molar-refractivity contribution in [2.24, 2.45) is 0 Å². The van der Waals surface area contributed by atoms with Crippen molar-refractivity contribution in [2.75, 3.05) is 11.9 Å². The van der Waals surface area contributed by atoms with E-state index in [2.05, 4.69) is 31.2 Å². The number of carbonyl (C=O) groups is 1. The number of rotatable bonds is 4. The second kappa shape index (κ2) is 6.97. The number of ether oxygens (including phenoxy) is 1. The maximum atomic E-state index is 12.1. The van der Waals surface area contributed by atoms with Crippen molar-refractivity contribution >= 4 is 38.4 Å². The Morgan fingerprint density at radius 3 is 2.75 bits per heavy atom. The molecule has 0 radical (unpaired) electrons. The minimum Gasteiger partial charge on any atom is -0.467 e. The van der Waals surface area contributed by atoms with E-state index in [0.29, 0.717) is 17.4 Å². The fraction of sp³-hybridized carbons (Fsp3) is 0.167. The highest BCUT2D eigenvalue weighted by Crippen LogP contribution is 2.24. The molecule has 3 rings (SSSR count). The van der Waals surface area contributed by atoms with Gasteiger partial charge in [-0.3, -0.25) is 4.79 Å². The van der Waals surface area contributed by atoms with Crippen molar-refractivity contribution in [1.29, 1.82) is 0 Å². The summed E-state index contributed by atoms with van der Waals surface area (Å²) in [6, 6.07) is 13.3. The van der Waals surface area contributed by atoms with Crippen LogP contribution in [0.3, 0.4) is 0 Å². The van der Waals surface area contributed by atoms with Gasteiger partial charge in [-0.05, 0) is 59.6 Å². The average Bonchev–Trinajstić information content (AvgIpc) is 2.55. The fourth-order valence-corrected chi connectivity index (χ4v) is 2.90. The van der Waals surface area contributed by atoms with Crippen LogP contribution >= 0.6 is 15.9 Å². The molecule has 0 atom stereocenters. The highest BCUT2D eigenvalue weighted by Gasteiger charge is 2.10. The van der Waals surface area contributed by atoms with E-state index in [1.54, 1.807) is 6.92 Å². The Labute approximate surface area is 148 Å². The highest BCUT2D eigenvalue weighted by atomic mass is 79.9. The lowest BCUT2D eigenvalue weighted by Crippen LogP contribution is -2.21. The number of halogens is 1. The first-order valence-electron chi connectivity index (χ1n) is 7.45. The van der Waals surface area contributed by atoms with Gasteiger partial charge in [0.25, 0.3) is 5.91 Å². The number of aromatic nitrogens is 2. The van der Waals surface area contributed by atoms with Crippen molar-refractivity contribution in [2.45, 2.75) is 13.8 Å². The monoisotopic (exact) mass is 385 g/mol. The zero-order chi connectivity index (χ0) is 17.1. The van der Waals surface area contributed by atoms with Crippen LogP contribution < -0.4 is 10.1 Å². The lowest BCUT2D eigenvalue weighted by molar-refractivity contribution is -0.118. The van der Waals surface area contributed by atoms with E-state index >= 15 is 0 Å². The Balaban J connectivity index is 1.73. The fourth-order valence-electron chi connectivity index (χ4n) is 2.31. The second-order valence-electron chi connectivity index (χ2n) is 5.41. The molecular formula is C18H16BrN3O2. The number of nitrogens with one attached hydrogen (secondary N) is 1. The predicted molar refractivity (Wildman–Crippen MR) is 97.3 cm³/mol. The Morgan fingerprint density at radius 1 is 1.17 bits per heavy atom. The molecule has 2 aromatic carbocycles. The number of benzene rings is 2. The molecule has 0 fully saturated rings. The first-order valence-corrected chi connectivity index (χ1v) is 8.24. The van der Waals surface area contributed by atoms with Crippen LogP contribution in [0.1, 0.15) is 11.4 Å². The minimum absolute atomic E-state index is 0.124. The number of hydrogen-bond donors (Lipinski definition) is 1. The van der Waals surface area contributed by atoms with Gasteiger partial charge in [0, 0.05) is 4.47 Å². The molecule has 0 saturated heterocycles. The molecule has 0 unspecified atom stereocenters. The van der Waals surface area contributed by atoms with E-state index in [4.69, 9.17) is 4.74 Å². The van der Waals surface area contributed by atoms with Crippen LogP contribution in [0.2, 0.25) is 0 Å². The zero-order valence-corrected chi connectivity index (χ0v) is 14.9. The summed E-state index contributed by atoms with van der Waals surface area (Å²) in [6.07, 6.45) is 0. The van der Waals surface area contributed by atoms with E-state index in [9.17, 15) is 4.79 Å². The number of amides is 1. The molecule has 1 amide bonds. The summed E-state index contributed by atoms with van der Waals surface area (Å²) >= 11 is 3.44. The Morgan fingerprint density at radius 2 is 1.96 bits per heavy atom. The molecule has 1 heterocycles. The van der Waals surface area contributed by atoms with Gasteiger partial charge in [0.15, 0.2) is 6.61 Å². The maximum Gasteiger partial charge on any atom is 0.262 e. The largest absolute Gasteiger partial charge is 0.467 e. The maximum absolute atomic E-state index is 12.1. The van der Waals surface area contributed by atoms with E-state index in [1.165, 1.54) is 0 Å². The molecule has 5 nitrogen and oxygen atoms in total. The molecule has 24 heavy (non-hydrogen) atoms. The molecule has 0 spiro atoms. The summed E-state index contributed by atoms with van der Waals surface area (Å²) in [7, 11) is 0. The van der Waals surface area contributed by atoms with Gasteiger partial charge in [0.1, 0.15) is 5.82 Å². The normalized spacial score (nSPS) is 10.6. The number of anilines is 1. The summed E-state index contributed by atoms with van der Waals surface area (Å²) in [6.45, 7) is 3.66. The van der Waals surface area contributed by atoms with Crippen molar-refractivity contribution in [1.82, 2.24) is 9.97 Å². The standard InChI is InChI=1S/C18H16BrN3O2/c1-11-7-8-16(14(19)9-11)22-17(23)10-24-18-13-5-3-4-6-15(13)20-12(2)21-18/h3-9H,10H2,1-2H3,(H,22,23). The van der Waals surface area contributed by atoms with E-state index in [1.807, 2.05) is 49.4 Å². The number of para-hydroxylation sites is 1. The molecule has 1 N–H and O–H groups in total. The Kier molecular flexibility index (Phi) is 4.76. The molecule has 3 aromatic rings. The molecule has 122 valence electrons. The minimum atomic E-state index is -0.250. The SMILES string of the molecule is Cc1ccc(NC(=O)COc2nc(C)nc3ccccc23)c(Br)c1. The van der Waals surface area contributed by atoms with Gasteiger partial charge in [-0.2, -0.15) is 4.98 Å². The summed E-state index contributed by atoms with van der Waals surface area (Å²) in [4.78, 5) is 20.8. The van der Waals surface area contributed by atoms with Gasteiger partial charge in [-0.1, -0.05) is 18.2 Å². The molecule has 1 aromatic heterocycles. The molecule has 0 aliphatic rings. The molecule has 0 bridgehead atoms. The number of carbonyl (C=O) groups excluding carboxylic acids is 1. The molecule has 0 aliphatic carbocycles. The summed E-state index contributed by atoms with van der Waals surface area (Å²) in [5, 5.41) is 3.60. The van der Waals surface area contributed by atoms with Gasteiger partial charge >= 0.3 is 0 Å². The second-order valence-corrected chi connectivity index (χ2v) is 6.27. The summed E-state index contributed by atoms with van der Waals surface area (Å²) in [5.74, 6) is 0.765. The number of aryl methyl sites for hydroxylation is 2. The van der Waals surface area contributed by atoms with Crippen LogP contribution in [0.15, 0.2) is 46.9 Å². The van der Waals surface area contributed by atoms with Crippen LogP contribution in [0.25, 0.3) is 10.9 Å². The van der Waals surface area contributed by atoms with Crippen LogP contribution in [0.4, 0.5) is 5.69 Å². The lowest BCUT2D eigenvalue weighted by atomic mass is 10.2. The van der Waals surface area contributed by atoms with Gasteiger partial charge in [0.2, 0.25) is 5.88 Å². The summed E-state index contributed by atoms with van der Waals surface area (Å²) < 4.78 is 6.45. The van der Waals surface area contributed by atoms with E-state index < -0.39 is 0 Å². The van der Waals surface area contributed by atoms with E-state index in [0.717, 1.165) is 20.9 Å². The molecule has 0 aliphatic heterocycles. The first-order chi connectivity index (χ1) is 11.5. The van der Waals surface area contributed by atoms with Crippen LogP contribution in [-0.4, -0.2) is 22.5 Å². The van der Waals surface area contributed by atoms with Crippen molar-refractivity contribution in [3.8, 4) is 5.88 Å². The molecular weight excluding hydrogens is 370 g/mol. The van der Waals surface area contributed by atoms with Crippen LogP contribution in [0.5, 0.6) is 5.88 Å². The van der Waals surface area contributed by atoms with Gasteiger partial charge in [0.05, 0.1) is 16.6 Å². The van der Waals surface area contributed by atoms with Crippen LogP contribution in [0, 0.1) is 13.8 Å². The quantitative estimate of drug-likeness (QED) is 0.736. The van der Waals surface area contributed by atoms with Crippen molar-refractivity contribution < 1.29 is 9.53 Å². The van der Waals surface area contributed by atoms with Crippen molar-refractivity contribution in [3.63, 3.8) is 0 Å². The first kappa shape index (κ1) is 16.4. The topological polar surface area (TPSA) is 64.1 Å². The van der Waals surface area contributed by atoms with Gasteiger partial charge in [-0.25, -0.2) is 4.98 Å². The summed E-state index contributed by atoms with van der Waals surface area (Å²) in [5.41, 5.74) is 2.61. The van der Waals surface area contributed by atoms with Crippen LogP contribution in [-0.2, 0) is 4.79 Å². The number of nitrogens with zero attached hydrogens (tertiary/aromatic N) is 2. The Bertz CT molecular complexity index is 912. The molecule has 6 heteroatoms. The van der Waals surface area contributed by atoms with Crippen molar-refractivity contribution in [3.05, 3.63) is 58.3 Å². The highest BCUT2D eigenvalue weighted by molar-refractivity contribution is 9.10. The average molecular weight is 386 g/mol. The lowest BCUT2D eigenvalue weighted by Gasteiger charge is -2.10. The Hall–Kier alpha value is -2.47. The number of fused-ring (bicyclic) bond motifs is 1. The zero-order valence-electron chi connectivity index (χ0n) is 13.3. The van der Waals surface area contributed by atoms with Gasteiger partial charge < -0.3 is 10.1 Å².